The Labute approximate surface area is 110 Å². The number of likely N-dealkylation sites (tertiary alicyclic amines) is 1. The van der Waals surface area contributed by atoms with E-state index in [1.165, 1.54) is 12.1 Å². The first-order valence-corrected chi connectivity index (χ1v) is 6.09. The number of hydrogen-bond acceptors (Lipinski definition) is 4. The Morgan fingerprint density at radius 2 is 1.63 bits per heavy atom. The van der Waals surface area contributed by atoms with Gasteiger partial charge in [-0.1, -0.05) is 0 Å². The molecule has 6 nitrogen and oxygen atoms in total. The Bertz CT molecular complexity index is 487. The summed E-state index contributed by atoms with van der Waals surface area (Å²) < 4.78 is 0. The number of carbonyl (C=O) groups is 2. The van der Waals surface area contributed by atoms with Crippen LogP contribution in [0.25, 0.3) is 0 Å². The van der Waals surface area contributed by atoms with E-state index in [1.54, 1.807) is 4.90 Å². The molecule has 0 bridgehead atoms. The van der Waals surface area contributed by atoms with Gasteiger partial charge in [-0.2, -0.15) is 0 Å². The number of phenols is 2. The van der Waals surface area contributed by atoms with Crippen molar-refractivity contribution in [2.75, 3.05) is 13.1 Å². The third-order valence-corrected chi connectivity index (χ3v) is 3.33. The van der Waals surface area contributed by atoms with Crippen molar-refractivity contribution in [3.63, 3.8) is 0 Å². The zero-order valence-corrected chi connectivity index (χ0v) is 10.4. The number of aromatic hydroxyl groups is 2. The van der Waals surface area contributed by atoms with Gasteiger partial charge in [0.1, 0.15) is 11.5 Å². The molecule has 0 spiro atoms. The Morgan fingerprint density at radius 1 is 1.11 bits per heavy atom. The zero-order chi connectivity index (χ0) is 14.0. The van der Waals surface area contributed by atoms with Crippen molar-refractivity contribution in [3.05, 3.63) is 23.8 Å². The van der Waals surface area contributed by atoms with Crippen LogP contribution in [0.2, 0.25) is 0 Å². The van der Waals surface area contributed by atoms with Crippen molar-refractivity contribution in [2.45, 2.75) is 12.8 Å². The van der Waals surface area contributed by atoms with Crippen molar-refractivity contribution in [1.82, 2.24) is 4.90 Å². The van der Waals surface area contributed by atoms with Gasteiger partial charge in [0.15, 0.2) is 0 Å². The first kappa shape index (κ1) is 13.2. The number of carbonyl (C=O) groups excluding carboxylic acids is 2. The lowest BCUT2D eigenvalue weighted by atomic mass is 9.96. The van der Waals surface area contributed by atoms with Gasteiger partial charge in [0.2, 0.25) is 5.91 Å². The average Bonchev–Trinajstić information content (AvgIpc) is 2.37. The van der Waals surface area contributed by atoms with Crippen LogP contribution in [-0.4, -0.2) is 40.0 Å². The molecule has 2 rings (SSSR count). The number of primary amides is 1. The molecule has 1 aliphatic heterocycles. The molecule has 2 amide bonds. The van der Waals surface area contributed by atoms with Gasteiger partial charge in [0.25, 0.3) is 5.91 Å². The molecule has 0 saturated carbocycles. The fourth-order valence-corrected chi connectivity index (χ4v) is 2.27. The summed E-state index contributed by atoms with van der Waals surface area (Å²) in [5.41, 5.74) is 5.46. The minimum Gasteiger partial charge on any atom is -0.508 e. The maximum atomic E-state index is 12.2. The molecule has 102 valence electrons. The molecule has 1 aromatic rings. The van der Waals surface area contributed by atoms with Crippen molar-refractivity contribution < 1.29 is 19.8 Å². The van der Waals surface area contributed by atoms with Crippen molar-refractivity contribution >= 4 is 11.8 Å². The average molecular weight is 264 g/mol. The van der Waals surface area contributed by atoms with E-state index in [2.05, 4.69) is 0 Å². The molecule has 1 fully saturated rings. The van der Waals surface area contributed by atoms with E-state index < -0.39 is 0 Å². The number of piperidine rings is 1. The molecule has 0 aromatic heterocycles. The van der Waals surface area contributed by atoms with Gasteiger partial charge in [-0.3, -0.25) is 9.59 Å². The Balaban J connectivity index is 2.07. The number of amides is 2. The van der Waals surface area contributed by atoms with Crippen molar-refractivity contribution in [1.29, 1.82) is 0 Å². The number of nitrogens with zero attached hydrogens (tertiary/aromatic N) is 1. The summed E-state index contributed by atoms with van der Waals surface area (Å²) in [5.74, 6) is -1.09. The van der Waals surface area contributed by atoms with Crippen molar-refractivity contribution in [2.24, 2.45) is 11.7 Å². The molecule has 19 heavy (non-hydrogen) atoms. The molecule has 1 aromatic carbocycles. The van der Waals surface area contributed by atoms with Crippen LogP contribution < -0.4 is 5.73 Å². The van der Waals surface area contributed by atoms with Gasteiger partial charge in [-0.15, -0.1) is 0 Å². The summed E-state index contributed by atoms with van der Waals surface area (Å²) in [6, 6.07) is 3.78. The molecule has 1 aliphatic rings. The molecular formula is C13H16N2O4. The van der Waals surface area contributed by atoms with Crippen LogP contribution in [0, 0.1) is 5.92 Å². The highest BCUT2D eigenvalue weighted by Crippen LogP contribution is 2.23. The van der Waals surface area contributed by atoms with E-state index in [0.29, 0.717) is 25.9 Å². The predicted molar refractivity (Wildman–Crippen MR) is 67.6 cm³/mol. The van der Waals surface area contributed by atoms with Gasteiger partial charge >= 0.3 is 0 Å². The Kier molecular flexibility index (Phi) is 3.59. The second-order valence-electron chi connectivity index (χ2n) is 4.71. The van der Waals surface area contributed by atoms with Crippen LogP contribution in [0.4, 0.5) is 0 Å². The lowest BCUT2D eigenvalue weighted by molar-refractivity contribution is -0.123. The van der Waals surface area contributed by atoms with Crippen LogP contribution in [0.15, 0.2) is 18.2 Å². The SMILES string of the molecule is NC(=O)C1CCN(C(=O)c2cc(O)cc(O)c2)CC1. The topological polar surface area (TPSA) is 104 Å². The lowest BCUT2D eigenvalue weighted by Gasteiger charge is -2.30. The molecule has 0 atom stereocenters. The van der Waals surface area contributed by atoms with E-state index in [0.717, 1.165) is 6.07 Å². The molecule has 0 aliphatic carbocycles. The monoisotopic (exact) mass is 264 g/mol. The second-order valence-corrected chi connectivity index (χ2v) is 4.71. The lowest BCUT2D eigenvalue weighted by Crippen LogP contribution is -2.41. The van der Waals surface area contributed by atoms with Crippen LogP contribution in [0.5, 0.6) is 11.5 Å². The number of hydrogen-bond donors (Lipinski definition) is 3. The van der Waals surface area contributed by atoms with Gasteiger partial charge < -0.3 is 20.8 Å². The predicted octanol–water partition coefficient (Wildman–Crippen LogP) is 0.435. The van der Waals surface area contributed by atoms with Gasteiger partial charge in [0, 0.05) is 30.6 Å². The van der Waals surface area contributed by atoms with Crippen LogP contribution in [0.1, 0.15) is 23.2 Å². The summed E-state index contributed by atoms with van der Waals surface area (Å²) in [6.07, 6.45) is 1.09. The fourth-order valence-electron chi connectivity index (χ4n) is 2.27. The first-order chi connectivity index (χ1) is 8.97. The highest BCUT2D eigenvalue weighted by Gasteiger charge is 2.26. The first-order valence-electron chi connectivity index (χ1n) is 6.09. The minimum atomic E-state index is -0.331. The van der Waals surface area contributed by atoms with E-state index in [-0.39, 0.29) is 34.8 Å². The number of rotatable bonds is 2. The number of nitrogens with two attached hydrogens (primary N) is 1. The highest BCUT2D eigenvalue weighted by atomic mass is 16.3. The third kappa shape index (κ3) is 2.96. The normalized spacial score (nSPS) is 16.3. The number of phenolic OH excluding ortho intramolecular Hbond substituents is 2. The summed E-state index contributed by atoms with van der Waals surface area (Å²) in [5, 5.41) is 18.7. The van der Waals surface area contributed by atoms with Crippen molar-refractivity contribution in [3.8, 4) is 11.5 Å². The maximum Gasteiger partial charge on any atom is 0.254 e. The Hall–Kier alpha value is -2.24. The smallest absolute Gasteiger partial charge is 0.254 e. The summed E-state index contributed by atoms with van der Waals surface area (Å²) in [6.45, 7) is 0.895. The highest BCUT2D eigenvalue weighted by molar-refractivity contribution is 5.95. The van der Waals surface area contributed by atoms with E-state index >= 15 is 0 Å². The zero-order valence-electron chi connectivity index (χ0n) is 10.4. The second kappa shape index (κ2) is 5.17. The third-order valence-electron chi connectivity index (χ3n) is 3.33. The van der Waals surface area contributed by atoms with Crippen LogP contribution >= 0.6 is 0 Å². The summed E-state index contributed by atoms with van der Waals surface area (Å²) in [4.78, 5) is 24.8. The Morgan fingerprint density at radius 3 is 2.11 bits per heavy atom. The summed E-state index contributed by atoms with van der Waals surface area (Å²) >= 11 is 0. The van der Waals surface area contributed by atoms with Crippen LogP contribution in [0.3, 0.4) is 0 Å². The van der Waals surface area contributed by atoms with E-state index in [1.807, 2.05) is 0 Å². The molecule has 1 heterocycles. The quantitative estimate of drug-likeness (QED) is 0.720. The minimum absolute atomic E-state index is 0.157. The molecule has 4 N–H and O–H groups in total. The summed E-state index contributed by atoms with van der Waals surface area (Å²) in [7, 11) is 0. The van der Waals surface area contributed by atoms with E-state index in [4.69, 9.17) is 5.73 Å². The molecule has 0 unspecified atom stereocenters. The van der Waals surface area contributed by atoms with E-state index in [9.17, 15) is 19.8 Å². The maximum absolute atomic E-state index is 12.2. The fraction of sp³-hybridized carbons (Fsp3) is 0.385. The molecule has 1 saturated heterocycles. The largest absolute Gasteiger partial charge is 0.508 e. The van der Waals surface area contributed by atoms with Gasteiger partial charge in [-0.05, 0) is 25.0 Å². The number of benzene rings is 1. The molecular weight excluding hydrogens is 248 g/mol. The van der Waals surface area contributed by atoms with Gasteiger partial charge in [0.05, 0.1) is 0 Å². The molecule has 6 heteroatoms. The van der Waals surface area contributed by atoms with Gasteiger partial charge in [-0.25, -0.2) is 0 Å². The standard InChI is InChI=1S/C13H16N2O4/c14-12(18)8-1-3-15(4-2-8)13(19)9-5-10(16)7-11(17)6-9/h5-8,16-17H,1-4H2,(H2,14,18). The molecule has 0 radical (unpaired) electrons. The van der Waals surface area contributed by atoms with Crippen LogP contribution in [-0.2, 0) is 4.79 Å².